The van der Waals surface area contributed by atoms with Crippen LogP contribution in [-0.2, 0) is 12.0 Å². The van der Waals surface area contributed by atoms with E-state index in [0.29, 0.717) is 18.7 Å². The van der Waals surface area contributed by atoms with Crippen LogP contribution < -0.4 is 5.32 Å². The van der Waals surface area contributed by atoms with Crippen LogP contribution in [0.1, 0.15) is 47.2 Å². The van der Waals surface area contributed by atoms with Gasteiger partial charge in [0.15, 0.2) is 11.6 Å². The minimum atomic E-state index is -0.962. The van der Waals surface area contributed by atoms with Crippen LogP contribution >= 0.6 is 0 Å². The number of aromatic carboxylic acids is 1. The van der Waals surface area contributed by atoms with Gasteiger partial charge in [-0.1, -0.05) is 37.1 Å². The van der Waals surface area contributed by atoms with Crippen LogP contribution in [0.2, 0.25) is 0 Å². The zero-order valence-electron chi connectivity index (χ0n) is 13.9. The summed E-state index contributed by atoms with van der Waals surface area (Å²) in [5.41, 5.74) is 1.13. The van der Waals surface area contributed by atoms with E-state index in [4.69, 9.17) is 5.11 Å². The van der Waals surface area contributed by atoms with Crippen molar-refractivity contribution in [3.8, 4) is 0 Å². The fourth-order valence-corrected chi connectivity index (χ4v) is 3.77. The summed E-state index contributed by atoms with van der Waals surface area (Å²) in [7, 11) is 0. The fraction of sp³-hybridized carbons (Fsp3) is 0.350. The number of rotatable bonds is 6. The Morgan fingerprint density at radius 2 is 1.84 bits per heavy atom. The molecule has 0 amide bonds. The summed E-state index contributed by atoms with van der Waals surface area (Å²) >= 11 is 0. The average molecular weight is 345 g/mol. The summed E-state index contributed by atoms with van der Waals surface area (Å²) in [5, 5.41) is 12.4. The highest BCUT2D eigenvalue weighted by Crippen LogP contribution is 2.42. The smallest absolute Gasteiger partial charge is 0.335 e. The molecule has 132 valence electrons. The van der Waals surface area contributed by atoms with Gasteiger partial charge in [0.2, 0.25) is 0 Å². The van der Waals surface area contributed by atoms with Crippen LogP contribution in [-0.4, -0.2) is 17.6 Å². The SMILES string of the molecule is O=C(O)c1cccc(CNCC2(c3cccc(F)c3F)CCCC2)c1. The molecule has 0 saturated heterocycles. The first-order chi connectivity index (χ1) is 12.0. The number of hydrogen-bond acceptors (Lipinski definition) is 2. The Morgan fingerprint density at radius 3 is 2.56 bits per heavy atom. The second-order valence-electron chi connectivity index (χ2n) is 6.70. The molecule has 25 heavy (non-hydrogen) atoms. The molecule has 3 nitrogen and oxygen atoms in total. The molecule has 2 N–H and O–H groups in total. The van der Waals surface area contributed by atoms with Crippen molar-refractivity contribution in [2.24, 2.45) is 0 Å². The lowest BCUT2D eigenvalue weighted by atomic mass is 9.78. The van der Waals surface area contributed by atoms with Crippen molar-refractivity contribution >= 4 is 5.97 Å². The molecule has 1 aliphatic rings. The number of carboxylic acids is 1. The van der Waals surface area contributed by atoms with Crippen molar-refractivity contribution < 1.29 is 18.7 Å². The molecule has 0 bridgehead atoms. The maximum Gasteiger partial charge on any atom is 0.335 e. The lowest BCUT2D eigenvalue weighted by Gasteiger charge is -2.30. The van der Waals surface area contributed by atoms with Gasteiger partial charge >= 0.3 is 5.97 Å². The summed E-state index contributed by atoms with van der Waals surface area (Å²) in [6.07, 6.45) is 3.61. The minimum absolute atomic E-state index is 0.242. The van der Waals surface area contributed by atoms with Crippen molar-refractivity contribution in [1.29, 1.82) is 0 Å². The Morgan fingerprint density at radius 1 is 1.12 bits per heavy atom. The molecular formula is C20H21F2NO2. The Balaban J connectivity index is 1.74. The van der Waals surface area contributed by atoms with Gasteiger partial charge in [-0.05, 0) is 42.2 Å². The van der Waals surface area contributed by atoms with Gasteiger partial charge in [0.25, 0.3) is 0 Å². The van der Waals surface area contributed by atoms with E-state index >= 15 is 0 Å². The van der Waals surface area contributed by atoms with Crippen molar-refractivity contribution in [2.45, 2.75) is 37.6 Å². The number of hydrogen-bond donors (Lipinski definition) is 2. The number of benzene rings is 2. The van der Waals surface area contributed by atoms with Gasteiger partial charge in [0.05, 0.1) is 5.56 Å². The largest absolute Gasteiger partial charge is 0.478 e. The second-order valence-corrected chi connectivity index (χ2v) is 6.70. The monoisotopic (exact) mass is 345 g/mol. The van der Waals surface area contributed by atoms with Crippen molar-refractivity contribution in [1.82, 2.24) is 5.32 Å². The first kappa shape index (κ1) is 17.5. The van der Waals surface area contributed by atoms with E-state index in [0.717, 1.165) is 37.3 Å². The zero-order valence-corrected chi connectivity index (χ0v) is 13.9. The zero-order chi connectivity index (χ0) is 17.9. The molecule has 5 heteroatoms. The summed E-state index contributed by atoms with van der Waals surface area (Å²) in [6, 6.07) is 11.1. The Kier molecular flexibility index (Phi) is 5.13. The average Bonchev–Trinajstić information content (AvgIpc) is 3.07. The van der Waals surface area contributed by atoms with Gasteiger partial charge in [-0.25, -0.2) is 13.6 Å². The predicted molar refractivity (Wildman–Crippen MR) is 91.6 cm³/mol. The molecule has 0 spiro atoms. The van der Waals surface area contributed by atoms with Crippen LogP contribution in [0.25, 0.3) is 0 Å². The summed E-state index contributed by atoms with van der Waals surface area (Å²) < 4.78 is 28.0. The molecule has 0 heterocycles. The normalized spacial score (nSPS) is 16.1. The topological polar surface area (TPSA) is 49.3 Å². The van der Waals surface area contributed by atoms with E-state index in [2.05, 4.69) is 5.32 Å². The fourth-order valence-electron chi connectivity index (χ4n) is 3.77. The third-order valence-electron chi connectivity index (χ3n) is 5.05. The van der Waals surface area contributed by atoms with E-state index in [9.17, 15) is 13.6 Å². The molecule has 0 aliphatic heterocycles. The lowest BCUT2D eigenvalue weighted by molar-refractivity contribution is 0.0696. The number of carboxylic acid groups (broad SMARTS) is 1. The first-order valence-electron chi connectivity index (χ1n) is 8.49. The standard InChI is InChI=1S/C20H21F2NO2/c21-17-8-4-7-16(18(17)22)20(9-1-2-10-20)13-23-12-14-5-3-6-15(11-14)19(24)25/h3-8,11,23H,1-2,9-10,12-13H2,(H,24,25). The van der Waals surface area contributed by atoms with E-state index in [1.165, 1.54) is 0 Å². The van der Waals surface area contributed by atoms with Gasteiger partial charge in [-0.2, -0.15) is 0 Å². The van der Waals surface area contributed by atoms with Gasteiger partial charge < -0.3 is 10.4 Å². The molecule has 0 radical (unpaired) electrons. The van der Waals surface area contributed by atoms with Crippen LogP contribution in [0.5, 0.6) is 0 Å². The molecule has 1 fully saturated rings. The third-order valence-corrected chi connectivity index (χ3v) is 5.05. The maximum absolute atomic E-state index is 14.3. The van der Waals surface area contributed by atoms with Gasteiger partial charge in [-0.15, -0.1) is 0 Å². The summed E-state index contributed by atoms with van der Waals surface area (Å²) in [6.45, 7) is 1.02. The number of carbonyl (C=O) groups is 1. The van der Waals surface area contributed by atoms with Crippen molar-refractivity contribution in [3.63, 3.8) is 0 Å². The van der Waals surface area contributed by atoms with Gasteiger partial charge in [-0.3, -0.25) is 0 Å². The van der Waals surface area contributed by atoms with Gasteiger partial charge in [0, 0.05) is 18.5 Å². The van der Waals surface area contributed by atoms with Crippen LogP contribution in [0.4, 0.5) is 8.78 Å². The van der Waals surface area contributed by atoms with E-state index < -0.39 is 23.0 Å². The molecule has 2 aromatic carbocycles. The Labute approximate surface area is 145 Å². The molecular weight excluding hydrogens is 324 g/mol. The molecule has 2 aromatic rings. The molecule has 0 unspecified atom stereocenters. The Hall–Kier alpha value is -2.27. The van der Waals surface area contributed by atoms with E-state index in [-0.39, 0.29) is 5.56 Å². The molecule has 0 aromatic heterocycles. The van der Waals surface area contributed by atoms with Gasteiger partial charge in [0.1, 0.15) is 0 Å². The Bertz CT molecular complexity index is 770. The number of nitrogens with one attached hydrogen (secondary N) is 1. The van der Waals surface area contributed by atoms with Crippen LogP contribution in [0.3, 0.4) is 0 Å². The lowest BCUT2D eigenvalue weighted by Crippen LogP contribution is -2.36. The summed E-state index contributed by atoms with van der Waals surface area (Å²) in [5.74, 6) is -2.52. The third kappa shape index (κ3) is 3.71. The van der Waals surface area contributed by atoms with Crippen LogP contribution in [0.15, 0.2) is 42.5 Å². The highest BCUT2D eigenvalue weighted by Gasteiger charge is 2.37. The maximum atomic E-state index is 14.3. The predicted octanol–water partition coefficient (Wildman–Crippen LogP) is 4.26. The van der Waals surface area contributed by atoms with E-state index in [1.54, 1.807) is 30.3 Å². The highest BCUT2D eigenvalue weighted by molar-refractivity contribution is 5.87. The van der Waals surface area contributed by atoms with Crippen molar-refractivity contribution in [3.05, 3.63) is 70.8 Å². The first-order valence-corrected chi connectivity index (χ1v) is 8.49. The molecule has 1 aliphatic carbocycles. The van der Waals surface area contributed by atoms with Crippen LogP contribution in [0, 0.1) is 11.6 Å². The number of halogens is 2. The van der Waals surface area contributed by atoms with E-state index in [1.807, 2.05) is 6.07 Å². The quantitative estimate of drug-likeness (QED) is 0.822. The van der Waals surface area contributed by atoms with Crippen molar-refractivity contribution in [2.75, 3.05) is 6.54 Å². The molecule has 3 rings (SSSR count). The minimum Gasteiger partial charge on any atom is -0.478 e. The second kappa shape index (κ2) is 7.31. The molecule has 0 atom stereocenters. The summed E-state index contributed by atoms with van der Waals surface area (Å²) in [4.78, 5) is 11.0. The molecule has 1 saturated carbocycles. The highest BCUT2D eigenvalue weighted by atomic mass is 19.2.